The summed E-state index contributed by atoms with van der Waals surface area (Å²) < 4.78 is 5.40. The lowest BCUT2D eigenvalue weighted by Crippen LogP contribution is -2.37. The lowest BCUT2D eigenvalue weighted by molar-refractivity contribution is -0.116. The Labute approximate surface area is 133 Å². The molecule has 118 valence electrons. The van der Waals surface area contributed by atoms with Crippen LogP contribution >= 0.6 is 11.6 Å². The Morgan fingerprint density at radius 1 is 1.33 bits per heavy atom. The molecule has 1 aromatic carbocycles. The molecule has 0 N–H and O–H groups in total. The SMILES string of the molecule is CCOCCC(C)CN(C(=O)CCl)c1c(C)cccc1C. The van der Waals surface area contributed by atoms with Crippen molar-refractivity contribution in [2.24, 2.45) is 5.92 Å². The first-order valence-corrected chi connectivity index (χ1v) is 8.05. The molecule has 4 heteroatoms. The highest BCUT2D eigenvalue weighted by Gasteiger charge is 2.20. The molecule has 0 saturated heterocycles. The number of hydrogen-bond acceptors (Lipinski definition) is 2. The van der Waals surface area contributed by atoms with Crippen molar-refractivity contribution in [1.29, 1.82) is 0 Å². The number of para-hydroxylation sites is 1. The Morgan fingerprint density at radius 3 is 2.48 bits per heavy atom. The third-order valence-electron chi connectivity index (χ3n) is 3.58. The molecule has 0 spiro atoms. The van der Waals surface area contributed by atoms with E-state index in [0.717, 1.165) is 36.4 Å². The van der Waals surface area contributed by atoms with Gasteiger partial charge in [0.15, 0.2) is 0 Å². The second kappa shape index (κ2) is 9.06. The molecule has 0 aliphatic heterocycles. The average molecular weight is 312 g/mol. The Hall–Kier alpha value is -1.06. The van der Waals surface area contributed by atoms with Gasteiger partial charge in [-0.05, 0) is 44.2 Å². The van der Waals surface area contributed by atoms with Crippen LogP contribution in [-0.4, -0.2) is 31.5 Å². The standard InChI is InChI=1S/C17H26ClNO2/c1-5-21-10-9-13(2)12-19(16(20)11-18)17-14(3)7-6-8-15(17)4/h6-8,13H,5,9-12H2,1-4H3. The zero-order valence-electron chi connectivity index (χ0n) is 13.5. The van der Waals surface area contributed by atoms with Crippen molar-refractivity contribution in [2.45, 2.75) is 34.1 Å². The van der Waals surface area contributed by atoms with Gasteiger partial charge in [0.25, 0.3) is 0 Å². The third-order valence-corrected chi connectivity index (χ3v) is 3.81. The highest BCUT2D eigenvalue weighted by atomic mass is 35.5. The maximum atomic E-state index is 12.2. The first-order chi connectivity index (χ1) is 10.0. The molecule has 1 rings (SSSR count). The smallest absolute Gasteiger partial charge is 0.241 e. The predicted octanol–water partition coefficient (Wildman–Crippen LogP) is 3.94. The number of amides is 1. The lowest BCUT2D eigenvalue weighted by atomic mass is 10.0. The summed E-state index contributed by atoms with van der Waals surface area (Å²) in [4.78, 5) is 14.1. The Kier molecular flexibility index (Phi) is 7.76. The van der Waals surface area contributed by atoms with Crippen molar-refractivity contribution >= 4 is 23.2 Å². The summed E-state index contributed by atoms with van der Waals surface area (Å²) in [6.07, 6.45) is 0.935. The molecule has 0 saturated carbocycles. The number of halogens is 1. The van der Waals surface area contributed by atoms with Crippen LogP contribution in [0.2, 0.25) is 0 Å². The van der Waals surface area contributed by atoms with E-state index in [2.05, 4.69) is 6.92 Å². The molecule has 1 amide bonds. The van der Waals surface area contributed by atoms with Gasteiger partial charge in [-0.15, -0.1) is 11.6 Å². The second-order valence-corrected chi connectivity index (χ2v) is 5.74. The van der Waals surface area contributed by atoms with Gasteiger partial charge in [0.1, 0.15) is 5.88 Å². The van der Waals surface area contributed by atoms with E-state index in [0.29, 0.717) is 12.5 Å². The first-order valence-electron chi connectivity index (χ1n) is 7.51. The number of benzene rings is 1. The monoisotopic (exact) mass is 311 g/mol. The Bertz CT molecular complexity index is 442. The third kappa shape index (κ3) is 5.33. The van der Waals surface area contributed by atoms with Crippen LogP contribution < -0.4 is 4.90 Å². The van der Waals surface area contributed by atoms with Gasteiger partial charge in [0.2, 0.25) is 5.91 Å². The minimum Gasteiger partial charge on any atom is -0.382 e. The molecule has 21 heavy (non-hydrogen) atoms. The Morgan fingerprint density at radius 2 is 1.95 bits per heavy atom. The van der Waals surface area contributed by atoms with Gasteiger partial charge < -0.3 is 9.64 Å². The molecule has 0 aliphatic rings. The zero-order valence-corrected chi connectivity index (χ0v) is 14.2. The van der Waals surface area contributed by atoms with Gasteiger partial charge in [-0.3, -0.25) is 4.79 Å². The normalized spacial score (nSPS) is 12.2. The highest BCUT2D eigenvalue weighted by molar-refractivity contribution is 6.29. The summed E-state index contributed by atoms with van der Waals surface area (Å²) in [5, 5.41) is 0. The number of rotatable bonds is 8. The van der Waals surface area contributed by atoms with E-state index < -0.39 is 0 Å². The topological polar surface area (TPSA) is 29.5 Å². The number of hydrogen-bond donors (Lipinski definition) is 0. The van der Waals surface area contributed by atoms with Gasteiger partial charge in [-0.1, -0.05) is 25.1 Å². The number of anilines is 1. The molecule has 1 unspecified atom stereocenters. The minimum absolute atomic E-state index is 0.00591. The first kappa shape index (κ1) is 18.0. The van der Waals surface area contributed by atoms with Gasteiger partial charge in [0.05, 0.1) is 0 Å². The summed E-state index contributed by atoms with van der Waals surface area (Å²) >= 11 is 5.80. The van der Waals surface area contributed by atoms with Crippen LogP contribution in [0.3, 0.4) is 0 Å². The van der Waals surface area contributed by atoms with E-state index in [1.54, 1.807) is 0 Å². The van der Waals surface area contributed by atoms with E-state index in [1.165, 1.54) is 0 Å². The van der Waals surface area contributed by atoms with Crippen LogP contribution in [0.5, 0.6) is 0 Å². The maximum absolute atomic E-state index is 12.2. The van der Waals surface area contributed by atoms with Gasteiger partial charge in [0, 0.05) is 25.4 Å². The van der Waals surface area contributed by atoms with Crippen LogP contribution in [-0.2, 0) is 9.53 Å². The second-order valence-electron chi connectivity index (χ2n) is 5.47. The fourth-order valence-corrected chi connectivity index (χ4v) is 2.60. The predicted molar refractivity (Wildman–Crippen MR) is 89.3 cm³/mol. The number of aryl methyl sites for hydroxylation is 2. The minimum atomic E-state index is -0.0441. The van der Waals surface area contributed by atoms with Crippen LogP contribution in [0.1, 0.15) is 31.4 Å². The molecule has 1 aromatic rings. The maximum Gasteiger partial charge on any atom is 0.241 e. The quantitative estimate of drug-likeness (QED) is 0.537. The van der Waals surface area contributed by atoms with Gasteiger partial charge in [-0.25, -0.2) is 0 Å². The van der Waals surface area contributed by atoms with E-state index in [9.17, 15) is 4.79 Å². The molecule has 0 radical (unpaired) electrons. The van der Waals surface area contributed by atoms with Gasteiger partial charge >= 0.3 is 0 Å². The molecule has 0 fully saturated rings. The van der Waals surface area contributed by atoms with Crippen LogP contribution in [0.15, 0.2) is 18.2 Å². The Balaban J connectivity index is 2.89. The fraction of sp³-hybridized carbons (Fsp3) is 0.588. The molecule has 0 heterocycles. The summed E-state index contributed by atoms with van der Waals surface area (Å²) in [7, 11) is 0. The van der Waals surface area contributed by atoms with Crippen molar-refractivity contribution in [1.82, 2.24) is 0 Å². The van der Waals surface area contributed by atoms with Crippen molar-refractivity contribution in [3.8, 4) is 0 Å². The van der Waals surface area contributed by atoms with Crippen LogP contribution in [0.25, 0.3) is 0 Å². The molecule has 3 nitrogen and oxygen atoms in total. The summed E-state index contributed by atoms with van der Waals surface area (Å²) in [5.41, 5.74) is 3.20. The number of alkyl halides is 1. The van der Waals surface area contributed by atoms with E-state index in [-0.39, 0.29) is 11.8 Å². The van der Waals surface area contributed by atoms with E-state index in [4.69, 9.17) is 16.3 Å². The number of carbonyl (C=O) groups is 1. The molecule has 0 aliphatic carbocycles. The van der Waals surface area contributed by atoms with E-state index in [1.807, 2.05) is 43.9 Å². The molecule has 1 atom stereocenters. The summed E-state index contributed by atoms with van der Waals surface area (Å²) in [6, 6.07) is 6.07. The average Bonchev–Trinajstić information content (AvgIpc) is 2.45. The van der Waals surface area contributed by atoms with Crippen molar-refractivity contribution in [2.75, 3.05) is 30.5 Å². The summed E-state index contributed by atoms with van der Waals surface area (Å²) in [5.74, 6) is 0.325. The van der Waals surface area contributed by atoms with Crippen LogP contribution in [0.4, 0.5) is 5.69 Å². The van der Waals surface area contributed by atoms with Crippen molar-refractivity contribution < 1.29 is 9.53 Å². The highest BCUT2D eigenvalue weighted by Crippen LogP contribution is 2.26. The summed E-state index contributed by atoms with van der Waals surface area (Å²) in [6.45, 7) is 10.3. The van der Waals surface area contributed by atoms with E-state index >= 15 is 0 Å². The number of carbonyl (C=O) groups excluding carboxylic acids is 1. The molecular weight excluding hydrogens is 286 g/mol. The van der Waals surface area contributed by atoms with Crippen molar-refractivity contribution in [3.63, 3.8) is 0 Å². The number of ether oxygens (including phenoxy) is 1. The van der Waals surface area contributed by atoms with Crippen LogP contribution in [0, 0.1) is 19.8 Å². The van der Waals surface area contributed by atoms with Crippen molar-refractivity contribution in [3.05, 3.63) is 29.3 Å². The molecule has 0 bridgehead atoms. The largest absolute Gasteiger partial charge is 0.382 e. The molecule has 0 aromatic heterocycles. The lowest BCUT2D eigenvalue weighted by Gasteiger charge is -2.28. The fourth-order valence-electron chi connectivity index (χ4n) is 2.45. The number of nitrogens with zero attached hydrogens (tertiary/aromatic N) is 1. The van der Waals surface area contributed by atoms with Gasteiger partial charge in [-0.2, -0.15) is 0 Å². The zero-order chi connectivity index (χ0) is 15.8. The molecular formula is C17H26ClNO2.